The van der Waals surface area contributed by atoms with Crippen LogP contribution in [0.4, 0.5) is 5.69 Å². The lowest BCUT2D eigenvalue weighted by Crippen LogP contribution is -2.27. The highest BCUT2D eigenvalue weighted by Crippen LogP contribution is 2.21. The predicted molar refractivity (Wildman–Crippen MR) is 83.2 cm³/mol. The summed E-state index contributed by atoms with van der Waals surface area (Å²) in [6, 6.07) is 8.52. The summed E-state index contributed by atoms with van der Waals surface area (Å²) in [6.45, 7) is 1.70. The van der Waals surface area contributed by atoms with Crippen LogP contribution < -0.4 is 5.32 Å². The van der Waals surface area contributed by atoms with Crippen LogP contribution in [0, 0.1) is 10.1 Å². The molecule has 1 aromatic heterocycles. The van der Waals surface area contributed by atoms with Crippen LogP contribution in [0.5, 0.6) is 0 Å². The first kappa shape index (κ1) is 16.2. The number of carbonyl (C=O) groups is 1. The average Bonchev–Trinajstić information content (AvgIpc) is 2.49. The van der Waals surface area contributed by atoms with Crippen molar-refractivity contribution in [1.82, 2.24) is 10.3 Å². The number of nitro groups is 1. The van der Waals surface area contributed by atoms with Crippen molar-refractivity contribution in [3.05, 3.63) is 67.9 Å². The van der Waals surface area contributed by atoms with Crippen LogP contribution in [0.25, 0.3) is 0 Å². The summed E-state index contributed by atoms with van der Waals surface area (Å²) >= 11 is 11.7. The molecule has 2 aromatic rings. The number of pyridine rings is 1. The van der Waals surface area contributed by atoms with Crippen molar-refractivity contribution in [2.24, 2.45) is 0 Å². The molecule has 1 atom stereocenters. The van der Waals surface area contributed by atoms with Crippen LogP contribution >= 0.6 is 23.2 Å². The van der Waals surface area contributed by atoms with Gasteiger partial charge in [-0.2, -0.15) is 0 Å². The molecule has 1 amide bonds. The molecule has 0 bridgehead atoms. The fourth-order valence-corrected chi connectivity index (χ4v) is 2.17. The molecule has 0 aliphatic heterocycles. The number of benzene rings is 1. The predicted octanol–water partition coefficient (Wildman–Crippen LogP) is 3.79. The van der Waals surface area contributed by atoms with Crippen LogP contribution in [0.15, 0.2) is 36.4 Å². The molecule has 0 spiro atoms. The highest BCUT2D eigenvalue weighted by molar-refractivity contribution is 6.34. The summed E-state index contributed by atoms with van der Waals surface area (Å²) in [4.78, 5) is 26.3. The largest absolute Gasteiger partial charge is 0.344 e. The normalized spacial score (nSPS) is 11.8. The van der Waals surface area contributed by atoms with E-state index in [2.05, 4.69) is 10.3 Å². The number of carbonyl (C=O) groups excluding carboxylic acids is 1. The molecule has 0 saturated heterocycles. The number of nitro benzene ring substituents is 1. The molecule has 1 N–H and O–H groups in total. The van der Waals surface area contributed by atoms with E-state index in [-0.39, 0.29) is 21.6 Å². The topological polar surface area (TPSA) is 85.1 Å². The lowest BCUT2D eigenvalue weighted by Gasteiger charge is -2.14. The van der Waals surface area contributed by atoms with E-state index in [1.807, 2.05) is 0 Å². The van der Waals surface area contributed by atoms with Crippen molar-refractivity contribution in [2.45, 2.75) is 13.0 Å². The van der Waals surface area contributed by atoms with Gasteiger partial charge in [-0.05, 0) is 24.6 Å². The van der Waals surface area contributed by atoms with Crippen molar-refractivity contribution >= 4 is 34.8 Å². The van der Waals surface area contributed by atoms with E-state index in [1.165, 1.54) is 24.3 Å². The number of aromatic nitrogens is 1. The molecule has 1 unspecified atom stereocenters. The second-order valence-electron chi connectivity index (χ2n) is 4.51. The summed E-state index contributed by atoms with van der Waals surface area (Å²) in [5.74, 6) is -0.508. The lowest BCUT2D eigenvalue weighted by atomic mass is 10.1. The Kier molecular flexibility index (Phi) is 4.95. The summed E-state index contributed by atoms with van der Waals surface area (Å²) in [5.41, 5.74) is 0.560. The molecule has 0 saturated carbocycles. The minimum absolute atomic E-state index is 0.00597. The van der Waals surface area contributed by atoms with Crippen molar-refractivity contribution in [1.29, 1.82) is 0 Å². The molecule has 0 aliphatic carbocycles. The molecule has 114 valence electrons. The van der Waals surface area contributed by atoms with Crippen molar-refractivity contribution in [3.8, 4) is 0 Å². The fourth-order valence-electron chi connectivity index (χ4n) is 1.83. The van der Waals surface area contributed by atoms with E-state index >= 15 is 0 Å². The third kappa shape index (κ3) is 3.72. The average molecular weight is 340 g/mol. The van der Waals surface area contributed by atoms with E-state index in [9.17, 15) is 14.9 Å². The highest BCUT2D eigenvalue weighted by atomic mass is 35.5. The van der Waals surface area contributed by atoms with E-state index in [4.69, 9.17) is 23.2 Å². The summed E-state index contributed by atoms with van der Waals surface area (Å²) in [6.07, 6.45) is 0. The minimum atomic E-state index is -0.508. The molecule has 0 radical (unpaired) electrons. The van der Waals surface area contributed by atoms with Gasteiger partial charge in [0, 0.05) is 12.1 Å². The Morgan fingerprint density at radius 1 is 1.32 bits per heavy atom. The second kappa shape index (κ2) is 6.72. The molecule has 22 heavy (non-hydrogen) atoms. The number of nitrogens with one attached hydrogen (secondary N) is 1. The Bertz CT molecular complexity index is 737. The first-order valence-electron chi connectivity index (χ1n) is 6.25. The van der Waals surface area contributed by atoms with Gasteiger partial charge >= 0.3 is 0 Å². The third-order valence-electron chi connectivity index (χ3n) is 2.96. The number of hydrogen-bond acceptors (Lipinski definition) is 4. The minimum Gasteiger partial charge on any atom is -0.344 e. The maximum atomic E-state index is 12.2. The molecule has 1 aromatic carbocycles. The monoisotopic (exact) mass is 339 g/mol. The SMILES string of the molecule is CC(NC(=O)c1nc(Cl)ccc1Cl)c1cccc([N+](=O)[O-])c1. The van der Waals surface area contributed by atoms with E-state index < -0.39 is 16.9 Å². The fraction of sp³-hybridized carbons (Fsp3) is 0.143. The molecule has 2 rings (SSSR count). The van der Waals surface area contributed by atoms with Gasteiger partial charge in [-0.3, -0.25) is 14.9 Å². The second-order valence-corrected chi connectivity index (χ2v) is 5.31. The summed E-state index contributed by atoms with van der Waals surface area (Å²) < 4.78 is 0. The Morgan fingerprint density at radius 2 is 2.05 bits per heavy atom. The van der Waals surface area contributed by atoms with E-state index in [1.54, 1.807) is 19.1 Å². The van der Waals surface area contributed by atoms with Crippen molar-refractivity contribution < 1.29 is 9.72 Å². The van der Waals surface area contributed by atoms with Crippen molar-refractivity contribution in [3.63, 3.8) is 0 Å². The summed E-state index contributed by atoms with van der Waals surface area (Å²) in [7, 11) is 0. The van der Waals surface area contributed by atoms with Crippen molar-refractivity contribution in [2.75, 3.05) is 0 Å². The Balaban J connectivity index is 2.19. The van der Waals surface area contributed by atoms with Crippen LogP contribution in [-0.4, -0.2) is 15.8 Å². The zero-order chi connectivity index (χ0) is 16.3. The third-order valence-corrected chi connectivity index (χ3v) is 3.47. The van der Waals surface area contributed by atoms with Gasteiger partial charge < -0.3 is 5.32 Å². The van der Waals surface area contributed by atoms with Gasteiger partial charge in [0.1, 0.15) is 10.8 Å². The molecule has 6 nitrogen and oxygen atoms in total. The van der Waals surface area contributed by atoms with Gasteiger partial charge in [0.05, 0.1) is 16.0 Å². The Labute approximate surface area is 136 Å². The van der Waals surface area contributed by atoms with Crippen LogP contribution in [0.2, 0.25) is 10.2 Å². The zero-order valence-corrected chi connectivity index (χ0v) is 12.9. The number of nitrogens with zero attached hydrogens (tertiary/aromatic N) is 2. The van der Waals surface area contributed by atoms with E-state index in [0.717, 1.165) is 0 Å². The molecule has 8 heteroatoms. The van der Waals surface area contributed by atoms with Crippen LogP contribution in [-0.2, 0) is 0 Å². The number of hydrogen-bond donors (Lipinski definition) is 1. The summed E-state index contributed by atoms with van der Waals surface area (Å²) in [5, 5.41) is 13.8. The molecule has 0 aliphatic rings. The number of halogens is 2. The number of amides is 1. The smallest absolute Gasteiger partial charge is 0.271 e. The molecular weight excluding hydrogens is 329 g/mol. The molecule has 1 heterocycles. The van der Waals surface area contributed by atoms with Gasteiger partial charge in [-0.1, -0.05) is 35.3 Å². The first-order chi connectivity index (χ1) is 10.4. The highest BCUT2D eigenvalue weighted by Gasteiger charge is 2.17. The van der Waals surface area contributed by atoms with Crippen LogP contribution in [0.3, 0.4) is 0 Å². The maximum Gasteiger partial charge on any atom is 0.271 e. The number of non-ortho nitro benzene ring substituents is 1. The Hall–Kier alpha value is -2.18. The Morgan fingerprint density at radius 3 is 2.73 bits per heavy atom. The first-order valence-corrected chi connectivity index (χ1v) is 7.01. The lowest BCUT2D eigenvalue weighted by molar-refractivity contribution is -0.384. The van der Waals surface area contributed by atoms with Gasteiger partial charge in [-0.25, -0.2) is 4.98 Å². The standard InChI is InChI=1S/C14H11Cl2N3O3/c1-8(9-3-2-4-10(7-9)19(21)22)17-14(20)13-11(15)5-6-12(16)18-13/h2-8H,1H3,(H,17,20). The van der Waals surface area contributed by atoms with Gasteiger partial charge in [0.25, 0.3) is 11.6 Å². The molecular formula is C14H11Cl2N3O3. The quantitative estimate of drug-likeness (QED) is 0.521. The van der Waals surface area contributed by atoms with Gasteiger partial charge in [-0.15, -0.1) is 0 Å². The van der Waals surface area contributed by atoms with Gasteiger partial charge in [0.2, 0.25) is 0 Å². The zero-order valence-electron chi connectivity index (χ0n) is 11.4. The number of rotatable bonds is 4. The molecule has 0 fully saturated rings. The maximum absolute atomic E-state index is 12.2. The van der Waals surface area contributed by atoms with E-state index in [0.29, 0.717) is 5.56 Å². The van der Waals surface area contributed by atoms with Gasteiger partial charge in [0.15, 0.2) is 0 Å². The van der Waals surface area contributed by atoms with Crippen LogP contribution in [0.1, 0.15) is 29.0 Å².